The van der Waals surface area contributed by atoms with E-state index in [1.165, 1.54) is 0 Å². The minimum Gasteiger partial charge on any atom is -0.493 e. The molecule has 3 nitrogen and oxygen atoms in total. The van der Waals surface area contributed by atoms with E-state index in [1.54, 1.807) is 7.11 Å². The van der Waals surface area contributed by atoms with Crippen molar-refractivity contribution in [2.75, 3.05) is 13.7 Å². The monoisotopic (exact) mass is 195 g/mol. The second kappa shape index (κ2) is 4.86. The molecule has 0 bridgehead atoms. The second-order valence-corrected chi connectivity index (χ2v) is 3.10. The summed E-state index contributed by atoms with van der Waals surface area (Å²) in [5.74, 6) is 1.49. The lowest BCUT2D eigenvalue weighted by Gasteiger charge is -2.15. The summed E-state index contributed by atoms with van der Waals surface area (Å²) in [7, 11) is 1.63. The van der Waals surface area contributed by atoms with Gasteiger partial charge in [0.1, 0.15) is 0 Å². The highest BCUT2D eigenvalue weighted by Crippen LogP contribution is 2.33. The topological polar surface area (TPSA) is 44.5 Å². The quantitative estimate of drug-likeness (QED) is 0.800. The van der Waals surface area contributed by atoms with Gasteiger partial charge in [0.25, 0.3) is 0 Å². The van der Waals surface area contributed by atoms with Crippen LogP contribution in [-0.4, -0.2) is 13.7 Å². The molecule has 2 N–H and O–H groups in total. The number of ether oxygens (including phenoxy) is 2. The van der Waals surface area contributed by atoms with Crippen molar-refractivity contribution in [1.82, 2.24) is 0 Å². The van der Waals surface area contributed by atoms with Crippen LogP contribution in [0.2, 0.25) is 0 Å². The van der Waals surface area contributed by atoms with Gasteiger partial charge >= 0.3 is 0 Å². The molecular formula is C11H17NO2. The third-order valence-corrected chi connectivity index (χ3v) is 2.01. The van der Waals surface area contributed by atoms with Gasteiger partial charge in [-0.15, -0.1) is 0 Å². The summed E-state index contributed by atoms with van der Waals surface area (Å²) in [6.45, 7) is 4.48. The van der Waals surface area contributed by atoms with Crippen LogP contribution in [0.1, 0.15) is 25.5 Å². The van der Waals surface area contributed by atoms with Gasteiger partial charge < -0.3 is 15.2 Å². The fourth-order valence-corrected chi connectivity index (χ4v) is 1.35. The second-order valence-electron chi connectivity index (χ2n) is 3.10. The fourth-order valence-electron chi connectivity index (χ4n) is 1.35. The van der Waals surface area contributed by atoms with Crippen LogP contribution in [0.5, 0.6) is 11.5 Å². The SMILES string of the molecule is CCOc1c(OC)cccc1C(C)N. The van der Waals surface area contributed by atoms with Gasteiger partial charge in [-0.2, -0.15) is 0 Å². The molecule has 0 aliphatic heterocycles. The summed E-state index contributed by atoms with van der Waals surface area (Å²) in [4.78, 5) is 0. The maximum absolute atomic E-state index is 5.83. The molecule has 0 heterocycles. The van der Waals surface area contributed by atoms with Crippen molar-refractivity contribution >= 4 is 0 Å². The molecule has 1 rings (SSSR count). The van der Waals surface area contributed by atoms with E-state index in [1.807, 2.05) is 32.0 Å². The van der Waals surface area contributed by atoms with Crippen LogP contribution in [0.3, 0.4) is 0 Å². The van der Waals surface area contributed by atoms with Gasteiger partial charge in [-0.05, 0) is 19.9 Å². The summed E-state index contributed by atoms with van der Waals surface area (Å²) in [5.41, 5.74) is 6.81. The lowest BCUT2D eigenvalue weighted by Crippen LogP contribution is -2.08. The zero-order valence-electron chi connectivity index (χ0n) is 8.91. The predicted octanol–water partition coefficient (Wildman–Crippen LogP) is 2.11. The van der Waals surface area contributed by atoms with Crippen molar-refractivity contribution in [3.63, 3.8) is 0 Å². The van der Waals surface area contributed by atoms with Gasteiger partial charge in [-0.3, -0.25) is 0 Å². The van der Waals surface area contributed by atoms with E-state index in [0.29, 0.717) is 6.61 Å². The first kappa shape index (κ1) is 10.9. The molecule has 0 fully saturated rings. The Balaban J connectivity index is 3.13. The van der Waals surface area contributed by atoms with Crippen LogP contribution in [0.25, 0.3) is 0 Å². The van der Waals surface area contributed by atoms with Crippen LogP contribution in [0.4, 0.5) is 0 Å². The summed E-state index contributed by atoms with van der Waals surface area (Å²) in [5, 5.41) is 0. The van der Waals surface area contributed by atoms with E-state index in [9.17, 15) is 0 Å². The molecular weight excluding hydrogens is 178 g/mol. The van der Waals surface area contributed by atoms with Gasteiger partial charge in [0, 0.05) is 11.6 Å². The normalized spacial score (nSPS) is 12.3. The van der Waals surface area contributed by atoms with E-state index >= 15 is 0 Å². The zero-order chi connectivity index (χ0) is 10.6. The summed E-state index contributed by atoms with van der Waals surface area (Å²) in [6, 6.07) is 5.70. The van der Waals surface area contributed by atoms with E-state index in [4.69, 9.17) is 15.2 Å². The first-order chi connectivity index (χ1) is 6.70. The van der Waals surface area contributed by atoms with E-state index < -0.39 is 0 Å². The van der Waals surface area contributed by atoms with Crippen molar-refractivity contribution in [3.8, 4) is 11.5 Å². The summed E-state index contributed by atoms with van der Waals surface area (Å²) >= 11 is 0. The number of methoxy groups -OCH3 is 1. The highest BCUT2D eigenvalue weighted by molar-refractivity contribution is 5.47. The number of benzene rings is 1. The van der Waals surface area contributed by atoms with Crippen LogP contribution < -0.4 is 15.2 Å². The lowest BCUT2D eigenvalue weighted by atomic mass is 10.1. The molecule has 1 aromatic rings. The van der Waals surface area contributed by atoms with Gasteiger partial charge in [0.05, 0.1) is 13.7 Å². The number of para-hydroxylation sites is 1. The first-order valence-electron chi connectivity index (χ1n) is 4.76. The average Bonchev–Trinajstić information content (AvgIpc) is 2.18. The van der Waals surface area contributed by atoms with Crippen LogP contribution in [0.15, 0.2) is 18.2 Å². The van der Waals surface area contributed by atoms with Gasteiger partial charge in [-0.25, -0.2) is 0 Å². The molecule has 0 spiro atoms. The minimum absolute atomic E-state index is 0.0494. The van der Waals surface area contributed by atoms with E-state index in [2.05, 4.69) is 0 Å². The highest BCUT2D eigenvalue weighted by atomic mass is 16.5. The van der Waals surface area contributed by atoms with Gasteiger partial charge in [-0.1, -0.05) is 12.1 Å². The highest BCUT2D eigenvalue weighted by Gasteiger charge is 2.12. The van der Waals surface area contributed by atoms with Crippen LogP contribution in [0, 0.1) is 0 Å². The molecule has 0 saturated heterocycles. The number of hydrogen-bond donors (Lipinski definition) is 1. The van der Waals surface area contributed by atoms with Crippen molar-refractivity contribution in [2.24, 2.45) is 5.73 Å². The molecule has 1 atom stereocenters. The van der Waals surface area contributed by atoms with Crippen molar-refractivity contribution in [1.29, 1.82) is 0 Å². The smallest absolute Gasteiger partial charge is 0.165 e. The molecule has 0 saturated carbocycles. The molecule has 0 aromatic heterocycles. The molecule has 0 aliphatic carbocycles. The molecule has 1 aromatic carbocycles. The molecule has 0 amide bonds. The standard InChI is InChI=1S/C11H17NO2/c1-4-14-11-9(8(2)12)6-5-7-10(11)13-3/h5-8H,4,12H2,1-3H3. The Hall–Kier alpha value is -1.22. The Bertz CT molecular complexity index is 297. The molecule has 0 aliphatic rings. The summed E-state index contributed by atoms with van der Waals surface area (Å²) in [6.07, 6.45) is 0. The Morgan fingerprint density at radius 3 is 2.64 bits per heavy atom. The molecule has 78 valence electrons. The third kappa shape index (κ3) is 2.17. The molecule has 3 heteroatoms. The Morgan fingerprint density at radius 2 is 2.14 bits per heavy atom. The van der Waals surface area contributed by atoms with Gasteiger partial charge in [0.2, 0.25) is 0 Å². The van der Waals surface area contributed by atoms with Gasteiger partial charge in [0.15, 0.2) is 11.5 Å². The molecule has 1 unspecified atom stereocenters. The van der Waals surface area contributed by atoms with Crippen molar-refractivity contribution in [3.05, 3.63) is 23.8 Å². The van der Waals surface area contributed by atoms with Crippen molar-refractivity contribution < 1.29 is 9.47 Å². The maximum Gasteiger partial charge on any atom is 0.165 e. The fraction of sp³-hybridized carbons (Fsp3) is 0.455. The maximum atomic E-state index is 5.83. The lowest BCUT2D eigenvalue weighted by molar-refractivity contribution is 0.306. The average molecular weight is 195 g/mol. The Kier molecular flexibility index (Phi) is 3.77. The number of hydrogen-bond acceptors (Lipinski definition) is 3. The zero-order valence-corrected chi connectivity index (χ0v) is 8.91. The van der Waals surface area contributed by atoms with Crippen molar-refractivity contribution in [2.45, 2.75) is 19.9 Å². The van der Waals surface area contributed by atoms with E-state index in [0.717, 1.165) is 17.1 Å². The first-order valence-corrected chi connectivity index (χ1v) is 4.76. The Morgan fingerprint density at radius 1 is 1.43 bits per heavy atom. The third-order valence-electron chi connectivity index (χ3n) is 2.01. The van der Waals surface area contributed by atoms with Crippen LogP contribution >= 0.6 is 0 Å². The molecule has 14 heavy (non-hydrogen) atoms. The predicted molar refractivity (Wildman–Crippen MR) is 56.8 cm³/mol. The minimum atomic E-state index is -0.0494. The summed E-state index contributed by atoms with van der Waals surface area (Å²) < 4.78 is 10.7. The number of rotatable bonds is 4. The Labute approximate surface area is 84.8 Å². The number of nitrogens with two attached hydrogens (primary N) is 1. The largest absolute Gasteiger partial charge is 0.493 e. The van der Waals surface area contributed by atoms with Crippen LogP contribution in [-0.2, 0) is 0 Å². The molecule has 0 radical (unpaired) electrons. The van der Waals surface area contributed by atoms with E-state index in [-0.39, 0.29) is 6.04 Å².